The third-order valence-corrected chi connectivity index (χ3v) is 3.86. The minimum absolute atomic E-state index is 0.0583. The molecule has 3 heteroatoms. The molecule has 0 unspecified atom stereocenters. The summed E-state index contributed by atoms with van der Waals surface area (Å²) in [6.07, 6.45) is 5.58. The van der Waals surface area contributed by atoms with Crippen molar-refractivity contribution in [1.82, 2.24) is 5.32 Å². The molecule has 0 spiro atoms. The summed E-state index contributed by atoms with van der Waals surface area (Å²) in [5.41, 5.74) is 5.78. The molecule has 88 valence electrons. The van der Waals surface area contributed by atoms with Crippen molar-refractivity contribution in [3.8, 4) is 0 Å². The fraction of sp³-hybridized carbons (Fsp3) is 0.917. The Morgan fingerprint density at radius 3 is 2.27 bits per heavy atom. The summed E-state index contributed by atoms with van der Waals surface area (Å²) in [4.78, 5) is 11.8. The second-order valence-electron chi connectivity index (χ2n) is 5.21. The van der Waals surface area contributed by atoms with Crippen LogP contribution in [0.4, 0.5) is 0 Å². The molecule has 1 fully saturated rings. The van der Waals surface area contributed by atoms with Crippen LogP contribution < -0.4 is 11.1 Å². The molecule has 0 aromatic rings. The number of hydrogen-bond acceptors (Lipinski definition) is 2. The van der Waals surface area contributed by atoms with E-state index in [4.69, 9.17) is 5.73 Å². The largest absolute Gasteiger partial charge is 0.351 e. The molecule has 1 aliphatic carbocycles. The smallest absolute Gasteiger partial charge is 0.222 e. The number of nitrogens with two attached hydrogens (primary N) is 1. The number of carbonyl (C=O) groups is 1. The fourth-order valence-corrected chi connectivity index (χ4v) is 1.93. The second-order valence-corrected chi connectivity index (χ2v) is 5.21. The summed E-state index contributed by atoms with van der Waals surface area (Å²) in [5, 5.41) is 3.10. The van der Waals surface area contributed by atoms with Crippen LogP contribution in [-0.4, -0.2) is 17.0 Å². The lowest BCUT2D eigenvalue weighted by Gasteiger charge is -2.38. The van der Waals surface area contributed by atoms with E-state index < -0.39 is 0 Å². The summed E-state index contributed by atoms with van der Waals surface area (Å²) in [6.45, 7) is 6.30. The minimum atomic E-state index is -0.202. The Morgan fingerprint density at radius 1 is 1.40 bits per heavy atom. The Bertz CT molecular complexity index is 230. The maximum atomic E-state index is 11.8. The molecular weight excluding hydrogens is 188 g/mol. The molecular formula is C12H24N2O. The van der Waals surface area contributed by atoms with Crippen molar-refractivity contribution in [2.24, 2.45) is 5.73 Å². The first-order valence-corrected chi connectivity index (χ1v) is 6.03. The Balaban J connectivity index is 2.41. The van der Waals surface area contributed by atoms with E-state index in [1.54, 1.807) is 0 Å². The predicted octanol–water partition coefficient (Wildman–Crippen LogP) is 1.95. The van der Waals surface area contributed by atoms with Crippen LogP contribution in [0.1, 0.15) is 59.3 Å². The van der Waals surface area contributed by atoms with Crippen molar-refractivity contribution in [3.63, 3.8) is 0 Å². The molecule has 1 saturated carbocycles. The van der Waals surface area contributed by atoms with Gasteiger partial charge in [-0.3, -0.25) is 4.79 Å². The molecule has 0 bridgehead atoms. The van der Waals surface area contributed by atoms with E-state index in [-0.39, 0.29) is 17.0 Å². The van der Waals surface area contributed by atoms with Gasteiger partial charge < -0.3 is 11.1 Å². The predicted molar refractivity (Wildman–Crippen MR) is 62.5 cm³/mol. The van der Waals surface area contributed by atoms with E-state index in [2.05, 4.69) is 26.1 Å². The topological polar surface area (TPSA) is 55.1 Å². The first-order chi connectivity index (χ1) is 6.93. The third-order valence-electron chi connectivity index (χ3n) is 3.86. The molecule has 15 heavy (non-hydrogen) atoms. The van der Waals surface area contributed by atoms with Gasteiger partial charge in [-0.1, -0.05) is 13.8 Å². The average Bonchev–Trinajstić information content (AvgIpc) is 2.15. The standard InChI is InChI=1S/C12H24N2O/c1-4-11(3,5-2)14-10(15)9-12(13)7-6-8-12/h4-9,13H2,1-3H3,(H,14,15). The summed E-state index contributed by atoms with van der Waals surface area (Å²) in [7, 11) is 0. The van der Waals surface area contributed by atoms with Gasteiger partial charge >= 0.3 is 0 Å². The van der Waals surface area contributed by atoms with E-state index in [0.29, 0.717) is 6.42 Å². The zero-order valence-electron chi connectivity index (χ0n) is 10.2. The quantitative estimate of drug-likeness (QED) is 0.732. The molecule has 0 aliphatic heterocycles. The van der Waals surface area contributed by atoms with Crippen molar-refractivity contribution < 1.29 is 4.79 Å². The lowest BCUT2D eigenvalue weighted by atomic mass is 9.75. The number of nitrogens with one attached hydrogen (secondary N) is 1. The first kappa shape index (κ1) is 12.5. The summed E-state index contributed by atoms with van der Waals surface area (Å²) >= 11 is 0. The van der Waals surface area contributed by atoms with Gasteiger partial charge in [0, 0.05) is 17.5 Å². The molecule has 0 aromatic heterocycles. The van der Waals surface area contributed by atoms with E-state index >= 15 is 0 Å². The number of rotatable bonds is 5. The van der Waals surface area contributed by atoms with Gasteiger partial charge in [0.1, 0.15) is 0 Å². The molecule has 0 aromatic carbocycles. The zero-order chi connectivity index (χ0) is 11.5. The van der Waals surface area contributed by atoms with E-state index in [0.717, 1.165) is 25.7 Å². The highest BCUT2D eigenvalue weighted by Gasteiger charge is 2.35. The summed E-state index contributed by atoms with van der Waals surface area (Å²) in [6, 6.07) is 0. The minimum Gasteiger partial charge on any atom is -0.351 e. The molecule has 1 rings (SSSR count). The lowest BCUT2D eigenvalue weighted by Crippen LogP contribution is -2.53. The normalized spacial score (nSPS) is 19.5. The van der Waals surface area contributed by atoms with Crippen LogP contribution in [-0.2, 0) is 4.79 Å². The Kier molecular flexibility index (Phi) is 3.77. The van der Waals surface area contributed by atoms with E-state index in [9.17, 15) is 4.79 Å². The highest BCUT2D eigenvalue weighted by Crippen LogP contribution is 2.32. The number of amides is 1. The van der Waals surface area contributed by atoms with Crippen molar-refractivity contribution in [3.05, 3.63) is 0 Å². The zero-order valence-corrected chi connectivity index (χ0v) is 10.2. The summed E-state index contributed by atoms with van der Waals surface area (Å²) in [5.74, 6) is 0.114. The second kappa shape index (κ2) is 4.52. The number of carbonyl (C=O) groups excluding carboxylic acids is 1. The third kappa shape index (κ3) is 3.20. The maximum absolute atomic E-state index is 11.8. The first-order valence-electron chi connectivity index (χ1n) is 6.03. The van der Waals surface area contributed by atoms with Gasteiger partial charge in [-0.2, -0.15) is 0 Å². The van der Waals surface area contributed by atoms with Gasteiger partial charge in [0.05, 0.1) is 0 Å². The van der Waals surface area contributed by atoms with Crippen LogP contribution in [0, 0.1) is 0 Å². The van der Waals surface area contributed by atoms with Crippen LogP contribution in [0.15, 0.2) is 0 Å². The van der Waals surface area contributed by atoms with Crippen molar-refractivity contribution >= 4 is 5.91 Å². The Hall–Kier alpha value is -0.570. The molecule has 3 nitrogen and oxygen atoms in total. The molecule has 1 amide bonds. The molecule has 0 atom stereocenters. The van der Waals surface area contributed by atoms with Gasteiger partial charge in [-0.05, 0) is 39.0 Å². The van der Waals surface area contributed by atoms with Crippen molar-refractivity contribution in [1.29, 1.82) is 0 Å². The van der Waals surface area contributed by atoms with Gasteiger partial charge in [0.2, 0.25) is 5.91 Å². The van der Waals surface area contributed by atoms with Crippen molar-refractivity contribution in [2.75, 3.05) is 0 Å². The monoisotopic (exact) mass is 212 g/mol. The average molecular weight is 212 g/mol. The van der Waals surface area contributed by atoms with E-state index in [1.807, 2.05) is 0 Å². The fourth-order valence-electron chi connectivity index (χ4n) is 1.93. The van der Waals surface area contributed by atoms with Crippen LogP contribution >= 0.6 is 0 Å². The van der Waals surface area contributed by atoms with Crippen LogP contribution in [0.2, 0.25) is 0 Å². The van der Waals surface area contributed by atoms with Crippen LogP contribution in [0.3, 0.4) is 0 Å². The van der Waals surface area contributed by atoms with Gasteiger partial charge in [0.15, 0.2) is 0 Å². The SMILES string of the molecule is CCC(C)(CC)NC(=O)CC1(N)CCC1. The molecule has 1 aliphatic rings. The van der Waals surface area contributed by atoms with E-state index in [1.165, 1.54) is 6.42 Å². The van der Waals surface area contributed by atoms with Gasteiger partial charge in [0.25, 0.3) is 0 Å². The van der Waals surface area contributed by atoms with Crippen LogP contribution in [0.25, 0.3) is 0 Å². The molecule has 0 heterocycles. The highest BCUT2D eigenvalue weighted by molar-refractivity contribution is 5.78. The Morgan fingerprint density at radius 2 is 1.93 bits per heavy atom. The maximum Gasteiger partial charge on any atom is 0.222 e. The molecule has 0 saturated heterocycles. The Labute approximate surface area is 92.8 Å². The molecule has 3 N–H and O–H groups in total. The van der Waals surface area contributed by atoms with Crippen molar-refractivity contribution in [2.45, 2.75) is 70.4 Å². The highest BCUT2D eigenvalue weighted by atomic mass is 16.1. The van der Waals surface area contributed by atoms with Crippen LogP contribution in [0.5, 0.6) is 0 Å². The number of hydrogen-bond donors (Lipinski definition) is 2. The van der Waals surface area contributed by atoms with Gasteiger partial charge in [-0.25, -0.2) is 0 Å². The molecule has 0 radical (unpaired) electrons. The summed E-state index contributed by atoms with van der Waals surface area (Å²) < 4.78 is 0. The lowest BCUT2D eigenvalue weighted by molar-refractivity contribution is -0.124. The van der Waals surface area contributed by atoms with Gasteiger partial charge in [-0.15, -0.1) is 0 Å².